The van der Waals surface area contributed by atoms with Gasteiger partial charge in [-0.3, -0.25) is 0 Å². The highest BCUT2D eigenvalue weighted by Crippen LogP contribution is 2.24. The molecule has 5 heteroatoms. The van der Waals surface area contributed by atoms with E-state index in [1.54, 1.807) is 18.2 Å². The van der Waals surface area contributed by atoms with E-state index in [0.717, 1.165) is 0 Å². The Morgan fingerprint density at radius 1 is 1.44 bits per heavy atom. The van der Waals surface area contributed by atoms with Crippen molar-refractivity contribution in [1.82, 2.24) is 0 Å². The second kappa shape index (κ2) is 3.77. The Morgan fingerprint density at radius 3 is 3.19 bits per heavy atom. The first-order valence-electron chi connectivity index (χ1n) is 5.03. The molecule has 0 unspecified atom stereocenters. The highest BCUT2D eigenvalue weighted by atomic mass is 16.7. The van der Waals surface area contributed by atoms with Crippen LogP contribution in [0.25, 0.3) is 0 Å². The fourth-order valence-electron chi connectivity index (χ4n) is 1.71. The van der Waals surface area contributed by atoms with Gasteiger partial charge in [0, 0.05) is 0 Å². The summed E-state index contributed by atoms with van der Waals surface area (Å²) in [6, 6.07) is 3.18. The van der Waals surface area contributed by atoms with E-state index in [4.69, 9.17) is 18.6 Å². The smallest absolute Gasteiger partial charge is 0.374 e. The minimum atomic E-state index is -0.516. The minimum absolute atomic E-state index is 0.0106. The molecule has 84 valence electrons. The van der Waals surface area contributed by atoms with Crippen LogP contribution in [0.15, 0.2) is 35.0 Å². The Hall–Kier alpha value is -1.59. The Labute approximate surface area is 91.6 Å². The lowest BCUT2D eigenvalue weighted by atomic mass is 10.2. The molecule has 0 aliphatic carbocycles. The van der Waals surface area contributed by atoms with Gasteiger partial charge in [-0.2, -0.15) is 0 Å². The van der Waals surface area contributed by atoms with E-state index in [2.05, 4.69) is 0 Å². The standard InChI is InChI=1S/C11H10O5/c12-10(8-2-1-5-13-8)16-9-4-3-7-6-14-11(9)15-7/h1-5,7,9,11H,6H2/t7-,9-,11+/m0/s1. The summed E-state index contributed by atoms with van der Waals surface area (Å²) in [5.74, 6) is -0.342. The first-order valence-corrected chi connectivity index (χ1v) is 5.03. The summed E-state index contributed by atoms with van der Waals surface area (Å²) < 4.78 is 20.9. The highest BCUT2D eigenvalue weighted by molar-refractivity contribution is 5.86. The van der Waals surface area contributed by atoms with Crippen molar-refractivity contribution < 1.29 is 23.4 Å². The van der Waals surface area contributed by atoms with Crippen molar-refractivity contribution in [3.63, 3.8) is 0 Å². The molecule has 2 bridgehead atoms. The number of carbonyl (C=O) groups is 1. The lowest BCUT2D eigenvalue weighted by Gasteiger charge is -2.22. The van der Waals surface area contributed by atoms with Crippen LogP contribution in [0.3, 0.4) is 0 Å². The maximum absolute atomic E-state index is 11.6. The molecule has 1 fully saturated rings. The molecule has 3 heterocycles. The minimum Gasteiger partial charge on any atom is -0.457 e. The number of furan rings is 1. The van der Waals surface area contributed by atoms with Gasteiger partial charge >= 0.3 is 5.97 Å². The summed E-state index contributed by atoms with van der Waals surface area (Å²) in [5.41, 5.74) is 0. The Balaban J connectivity index is 1.69. The third kappa shape index (κ3) is 1.64. The first kappa shape index (κ1) is 9.62. The molecule has 3 atom stereocenters. The molecule has 3 rings (SSSR count). The summed E-state index contributed by atoms with van der Waals surface area (Å²) in [5, 5.41) is 0. The van der Waals surface area contributed by atoms with Crippen LogP contribution in [0, 0.1) is 0 Å². The van der Waals surface area contributed by atoms with Gasteiger partial charge in [-0.05, 0) is 18.2 Å². The van der Waals surface area contributed by atoms with E-state index in [0.29, 0.717) is 6.61 Å². The van der Waals surface area contributed by atoms with E-state index < -0.39 is 18.4 Å². The Bertz CT molecular complexity index is 408. The number of hydrogen-bond donors (Lipinski definition) is 0. The van der Waals surface area contributed by atoms with Gasteiger partial charge in [0.2, 0.25) is 5.76 Å². The van der Waals surface area contributed by atoms with E-state index in [1.165, 1.54) is 6.26 Å². The Morgan fingerprint density at radius 2 is 2.38 bits per heavy atom. The van der Waals surface area contributed by atoms with Gasteiger partial charge in [0.25, 0.3) is 0 Å². The summed E-state index contributed by atoms with van der Waals surface area (Å²) in [6.45, 7) is 0.510. The first-order chi connectivity index (χ1) is 7.83. The summed E-state index contributed by atoms with van der Waals surface area (Å²) >= 11 is 0. The van der Waals surface area contributed by atoms with Gasteiger partial charge in [0.05, 0.1) is 12.9 Å². The van der Waals surface area contributed by atoms with E-state index in [1.807, 2.05) is 6.08 Å². The van der Waals surface area contributed by atoms with E-state index >= 15 is 0 Å². The predicted molar refractivity (Wildman–Crippen MR) is 51.7 cm³/mol. The number of ether oxygens (including phenoxy) is 3. The fourth-order valence-corrected chi connectivity index (χ4v) is 1.71. The lowest BCUT2D eigenvalue weighted by molar-refractivity contribution is -0.120. The summed E-state index contributed by atoms with van der Waals surface area (Å²) in [7, 11) is 0. The zero-order chi connectivity index (χ0) is 11.0. The zero-order valence-electron chi connectivity index (χ0n) is 8.37. The van der Waals surface area contributed by atoms with Crippen molar-refractivity contribution in [2.45, 2.75) is 18.5 Å². The van der Waals surface area contributed by atoms with Gasteiger partial charge < -0.3 is 18.6 Å². The van der Waals surface area contributed by atoms with Crippen LogP contribution in [-0.4, -0.2) is 31.1 Å². The van der Waals surface area contributed by atoms with Crippen molar-refractivity contribution in [1.29, 1.82) is 0 Å². The SMILES string of the molecule is O=C(O[C@H]1C=C[C@H]2CO[C@@H]1O2)c1ccco1. The molecule has 1 saturated heterocycles. The monoisotopic (exact) mass is 222 g/mol. The maximum atomic E-state index is 11.6. The summed E-state index contributed by atoms with van der Waals surface area (Å²) in [4.78, 5) is 11.6. The third-order valence-corrected chi connectivity index (χ3v) is 2.48. The second-order valence-electron chi connectivity index (χ2n) is 3.61. The molecule has 0 spiro atoms. The third-order valence-electron chi connectivity index (χ3n) is 2.48. The average Bonchev–Trinajstić information content (AvgIpc) is 2.93. The van der Waals surface area contributed by atoms with Gasteiger partial charge in [0.1, 0.15) is 6.10 Å². The number of esters is 1. The van der Waals surface area contributed by atoms with Gasteiger partial charge in [0.15, 0.2) is 12.4 Å². The molecular formula is C11H10O5. The predicted octanol–water partition coefficient (Wildman–Crippen LogP) is 1.12. The summed E-state index contributed by atoms with van der Waals surface area (Å²) in [6.07, 6.45) is 4.04. The van der Waals surface area contributed by atoms with E-state index in [-0.39, 0.29) is 11.9 Å². The lowest BCUT2D eigenvalue weighted by Crippen LogP contribution is -2.33. The average molecular weight is 222 g/mol. The van der Waals surface area contributed by atoms with Gasteiger partial charge in [-0.25, -0.2) is 4.79 Å². The number of fused-ring (bicyclic) bond motifs is 2. The van der Waals surface area contributed by atoms with Crippen LogP contribution in [0.1, 0.15) is 10.6 Å². The Kier molecular flexibility index (Phi) is 2.27. The molecule has 0 radical (unpaired) electrons. The number of rotatable bonds is 2. The number of hydrogen-bond acceptors (Lipinski definition) is 5. The van der Waals surface area contributed by atoms with Crippen LogP contribution < -0.4 is 0 Å². The van der Waals surface area contributed by atoms with E-state index in [9.17, 15) is 4.79 Å². The topological polar surface area (TPSA) is 57.9 Å². The highest BCUT2D eigenvalue weighted by Gasteiger charge is 2.36. The molecule has 1 aromatic heterocycles. The molecule has 0 saturated carbocycles. The molecule has 0 N–H and O–H groups in total. The van der Waals surface area contributed by atoms with Crippen LogP contribution in [0.2, 0.25) is 0 Å². The van der Waals surface area contributed by atoms with Crippen LogP contribution in [-0.2, 0) is 14.2 Å². The van der Waals surface area contributed by atoms with Crippen molar-refractivity contribution >= 4 is 5.97 Å². The van der Waals surface area contributed by atoms with Crippen LogP contribution in [0.5, 0.6) is 0 Å². The quantitative estimate of drug-likeness (QED) is 0.554. The molecular weight excluding hydrogens is 212 g/mol. The van der Waals surface area contributed by atoms with Crippen molar-refractivity contribution in [3.8, 4) is 0 Å². The molecule has 16 heavy (non-hydrogen) atoms. The van der Waals surface area contributed by atoms with Crippen LogP contribution in [0.4, 0.5) is 0 Å². The molecule has 0 amide bonds. The van der Waals surface area contributed by atoms with Gasteiger partial charge in [-0.15, -0.1) is 0 Å². The largest absolute Gasteiger partial charge is 0.457 e. The normalized spacial score (nSPS) is 31.6. The van der Waals surface area contributed by atoms with Crippen molar-refractivity contribution in [2.24, 2.45) is 0 Å². The van der Waals surface area contributed by atoms with Crippen molar-refractivity contribution in [3.05, 3.63) is 36.3 Å². The second-order valence-corrected chi connectivity index (χ2v) is 3.61. The van der Waals surface area contributed by atoms with Crippen molar-refractivity contribution in [2.75, 3.05) is 6.61 Å². The fraction of sp³-hybridized carbons (Fsp3) is 0.364. The van der Waals surface area contributed by atoms with Gasteiger partial charge in [-0.1, -0.05) is 6.08 Å². The molecule has 2 aliphatic heterocycles. The molecule has 0 aromatic carbocycles. The maximum Gasteiger partial charge on any atom is 0.374 e. The molecule has 1 aromatic rings. The number of carbonyl (C=O) groups excluding carboxylic acids is 1. The molecule has 5 nitrogen and oxygen atoms in total. The zero-order valence-corrected chi connectivity index (χ0v) is 8.37. The molecule has 2 aliphatic rings. The van der Waals surface area contributed by atoms with Crippen LogP contribution >= 0.6 is 0 Å².